The fraction of sp³-hybridized carbons (Fsp3) is 0.357. The molecule has 0 aliphatic carbocycles. The van der Waals surface area contributed by atoms with Crippen LogP contribution in [0.5, 0.6) is 0 Å². The Kier molecular flexibility index (Phi) is 4.06. The van der Waals surface area contributed by atoms with Crippen LogP contribution in [-0.4, -0.2) is 14.9 Å². The Labute approximate surface area is 120 Å². The molecule has 1 N–H and O–H groups in total. The number of rotatable bonds is 3. The lowest BCUT2D eigenvalue weighted by molar-refractivity contribution is 0.175. The van der Waals surface area contributed by atoms with Gasteiger partial charge in [0.05, 0.1) is 22.0 Å². The largest absolute Gasteiger partial charge is 0.388 e. The first kappa shape index (κ1) is 14.2. The molecular formula is C14H16BrFN2O. The highest BCUT2D eigenvalue weighted by Gasteiger charge is 2.17. The quantitative estimate of drug-likeness (QED) is 0.940. The van der Waals surface area contributed by atoms with E-state index in [1.165, 1.54) is 6.07 Å². The van der Waals surface area contributed by atoms with Crippen LogP contribution in [0.25, 0.3) is 0 Å². The van der Waals surface area contributed by atoms with Crippen molar-refractivity contribution in [3.8, 4) is 0 Å². The molecule has 0 bridgehead atoms. The molecule has 0 spiro atoms. The van der Waals surface area contributed by atoms with Gasteiger partial charge < -0.3 is 5.11 Å². The predicted molar refractivity (Wildman–Crippen MR) is 75.4 cm³/mol. The molecule has 0 amide bonds. The molecule has 2 rings (SSSR count). The molecule has 3 nitrogen and oxygen atoms in total. The van der Waals surface area contributed by atoms with E-state index in [4.69, 9.17) is 0 Å². The van der Waals surface area contributed by atoms with Gasteiger partial charge in [0.2, 0.25) is 0 Å². The fourth-order valence-corrected chi connectivity index (χ4v) is 2.52. The Hall–Kier alpha value is -1.20. The van der Waals surface area contributed by atoms with Gasteiger partial charge in [-0.1, -0.05) is 12.1 Å². The van der Waals surface area contributed by atoms with E-state index in [2.05, 4.69) is 21.0 Å². The van der Waals surface area contributed by atoms with Gasteiger partial charge >= 0.3 is 0 Å². The van der Waals surface area contributed by atoms with Crippen LogP contribution in [0.4, 0.5) is 4.39 Å². The maximum atomic E-state index is 13.5. The zero-order chi connectivity index (χ0) is 14.2. The number of nitrogens with zero attached hydrogens (tertiary/aromatic N) is 2. The van der Waals surface area contributed by atoms with Gasteiger partial charge in [0.1, 0.15) is 5.82 Å². The number of aliphatic hydroxyl groups is 1. The minimum absolute atomic E-state index is 0.295. The highest BCUT2D eigenvalue weighted by molar-refractivity contribution is 9.10. The number of aromatic nitrogens is 2. The monoisotopic (exact) mass is 326 g/mol. The van der Waals surface area contributed by atoms with E-state index in [0.717, 1.165) is 15.9 Å². The average molecular weight is 327 g/mol. The van der Waals surface area contributed by atoms with Gasteiger partial charge in [0.15, 0.2) is 0 Å². The molecule has 0 fully saturated rings. The molecule has 2 aromatic rings. The molecule has 19 heavy (non-hydrogen) atoms. The third kappa shape index (κ3) is 2.87. The summed E-state index contributed by atoms with van der Waals surface area (Å²) in [7, 11) is 1.83. The molecule has 1 aromatic heterocycles. The van der Waals surface area contributed by atoms with Crippen LogP contribution in [0.2, 0.25) is 0 Å². The van der Waals surface area contributed by atoms with E-state index in [0.29, 0.717) is 17.5 Å². The second kappa shape index (κ2) is 5.43. The normalized spacial score (nSPS) is 12.7. The van der Waals surface area contributed by atoms with E-state index in [-0.39, 0.29) is 5.82 Å². The van der Waals surface area contributed by atoms with Crippen LogP contribution in [0, 0.1) is 19.7 Å². The molecule has 0 radical (unpaired) electrons. The lowest BCUT2D eigenvalue weighted by Gasteiger charge is -2.12. The maximum Gasteiger partial charge on any atom is 0.126 e. The highest BCUT2D eigenvalue weighted by atomic mass is 79.9. The summed E-state index contributed by atoms with van der Waals surface area (Å²) in [5, 5.41) is 14.5. The first-order valence-electron chi connectivity index (χ1n) is 6.02. The molecule has 0 saturated carbocycles. The maximum absolute atomic E-state index is 13.5. The third-order valence-electron chi connectivity index (χ3n) is 3.23. The molecule has 0 aliphatic heterocycles. The van der Waals surface area contributed by atoms with Crippen molar-refractivity contribution in [2.24, 2.45) is 7.05 Å². The molecule has 1 aromatic carbocycles. The second-order valence-corrected chi connectivity index (χ2v) is 5.49. The van der Waals surface area contributed by atoms with Crippen LogP contribution in [-0.2, 0) is 13.5 Å². The predicted octanol–water partition coefficient (Wildman–Crippen LogP) is 3.21. The van der Waals surface area contributed by atoms with E-state index in [9.17, 15) is 9.50 Å². The number of hydrogen-bond acceptors (Lipinski definition) is 2. The molecule has 0 saturated heterocycles. The third-order valence-corrected chi connectivity index (χ3v) is 4.26. The van der Waals surface area contributed by atoms with Crippen molar-refractivity contribution in [2.75, 3.05) is 0 Å². The summed E-state index contributed by atoms with van der Waals surface area (Å²) in [5.41, 5.74) is 2.92. The summed E-state index contributed by atoms with van der Waals surface area (Å²) in [6.45, 7) is 3.60. The summed E-state index contributed by atoms with van der Waals surface area (Å²) in [6.07, 6.45) is -0.360. The van der Waals surface area contributed by atoms with E-state index in [1.807, 2.05) is 14.0 Å². The minimum atomic E-state index is -0.749. The van der Waals surface area contributed by atoms with Crippen molar-refractivity contribution in [2.45, 2.75) is 26.4 Å². The summed E-state index contributed by atoms with van der Waals surface area (Å²) in [5.74, 6) is -0.295. The molecule has 102 valence electrons. The SMILES string of the molecule is Cc1ccc(C(O)Cc2c(Br)c(C)nn2C)cc1F. The fourth-order valence-electron chi connectivity index (χ4n) is 2.02. The summed E-state index contributed by atoms with van der Waals surface area (Å²) >= 11 is 3.46. The molecule has 1 atom stereocenters. The Bertz CT molecular complexity index is 610. The van der Waals surface area contributed by atoms with Crippen molar-refractivity contribution in [1.29, 1.82) is 0 Å². The van der Waals surface area contributed by atoms with Crippen molar-refractivity contribution >= 4 is 15.9 Å². The van der Waals surface area contributed by atoms with Crippen molar-refractivity contribution in [3.63, 3.8) is 0 Å². The molecule has 1 unspecified atom stereocenters. The van der Waals surface area contributed by atoms with Crippen LogP contribution in [0.15, 0.2) is 22.7 Å². The molecule has 0 aliphatic rings. The lowest BCUT2D eigenvalue weighted by atomic mass is 10.0. The Balaban J connectivity index is 2.25. The van der Waals surface area contributed by atoms with Gasteiger partial charge in [-0.05, 0) is 47.0 Å². The summed E-state index contributed by atoms with van der Waals surface area (Å²) in [6, 6.07) is 4.81. The first-order valence-corrected chi connectivity index (χ1v) is 6.81. The van der Waals surface area contributed by atoms with Crippen molar-refractivity contribution < 1.29 is 9.50 Å². The topological polar surface area (TPSA) is 38.1 Å². The van der Waals surface area contributed by atoms with Gasteiger partial charge in [-0.15, -0.1) is 0 Å². The Morgan fingerprint density at radius 2 is 2.11 bits per heavy atom. The van der Waals surface area contributed by atoms with Gasteiger partial charge in [-0.2, -0.15) is 5.10 Å². The Morgan fingerprint density at radius 1 is 1.42 bits per heavy atom. The number of aliphatic hydroxyl groups excluding tert-OH is 1. The van der Waals surface area contributed by atoms with Gasteiger partial charge in [-0.25, -0.2) is 4.39 Å². The molecule has 1 heterocycles. The van der Waals surface area contributed by atoms with Gasteiger partial charge in [0.25, 0.3) is 0 Å². The van der Waals surface area contributed by atoms with E-state index < -0.39 is 6.10 Å². The zero-order valence-electron chi connectivity index (χ0n) is 11.1. The smallest absolute Gasteiger partial charge is 0.126 e. The van der Waals surface area contributed by atoms with Crippen LogP contribution >= 0.6 is 15.9 Å². The number of hydrogen-bond donors (Lipinski definition) is 1. The summed E-state index contributed by atoms with van der Waals surface area (Å²) < 4.78 is 16.1. The molecule has 5 heteroatoms. The van der Waals surface area contributed by atoms with Crippen LogP contribution in [0.3, 0.4) is 0 Å². The number of halogens is 2. The lowest BCUT2D eigenvalue weighted by Crippen LogP contribution is -2.07. The zero-order valence-corrected chi connectivity index (χ0v) is 12.7. The number of aryl methyl sites for hydroxylation is 3. The van der Waals surface area contributed by atoms with E-state index >= 15 is 0 Å². The van der Waals surface area contributed by atoms with Crippen molar-refractivity contribution in [1.82, 2.24) is 9.78 Å². The standard InChI is InChI=1S/C14H16BrFN2O/c1-8-4-5-10(6-11(8)16)13(19)7-12-14(15)9(2)17-18(12)3/h4-6,13,19H,7H2,1-3H3. The average Bonchev–Trinajstić information content (AvgIpc) is 2.59. The number of benzene rings is 1. The Morgan fingerprint density at radius 3 is 2.63 bits per heavy atom. The van der Waals surface area contributed by atoms with Gasteiger partial charge in [-0.3, -0.25) is 4.68 Å². The summed E-state index contributed by atoms with van der Waals surface area (Å²) in [4.78, 5) is 0. The van der Waals surface area contributed by atoms with Gasteiger partial charge in [0, 0.05) is 13.5 Å². The van der Waals surface area contributed by atoms with Crippen LogP contribution in [0.1, 0.15) is 28.6 Å². The van der Waals surface area contributed by atoms with Crippen LogP contribution < -0.4 is 0 Å². The highest BCUT2D eigenvalue weighted by Crippen LogP contribution is 2.26. The molecular weight excluding hydrogens is 311 g/mol. The minimum Gasteiger partial charge on any atom is -0.388 e. The first-order chi connectivity index (χ1) is 8.90. The second-order valence-electron chi connectivity index (χ2n) is 4.70. The van der Waals surface area contributed by atoms with E-state index in [1.54, 1.807) is 23.7 Å². The van der Waals surface area contributed by atoms with Crippen molar-refractivity contribution in [3.05, 3.63) is 51.0 Å².